The lowest BCUT2D eigenvalue weighted by atomic mass is 10.1. The van der Waals surface area contributed by atoms with E-state index in [9.17, 15) is 0 Å². The number of halogens is 1. The smallest absolute Gasteiger partial charge is 0.120 e. The Kier molecular flexibility index (Phi) is 4.98. The highest BCUT2D eigenvalue weighted by Gasteiger charge is 2.13. The van der Waals surface area contributed by atoms with Crippen LogP contribution in [0.1, 0.15) is 5.56 Å². The summed E-state index contributed by atoms with van der Waals surface area (Å²) in [7, 11) is 0. The Morgan fingerprint density at radius 3 is 2.67 bits per heavy atom. The molecule has 0 aliphatic carbocycles. The second-order valence-electron chi connectivity index (χ2n) is 5.11. The molecule has 2 aromatic rings. The topological polar surface area (TPSA) is 24.5 Å². The minimum atomic E-state index is 0.611. The molecule has 21 heavy (non-hydrogen) atoms. The van der Waals surface area contributed by atoms with Gasteiger partial charge in [-0.25, -0.2) is 0 Å². The number of rotatable bonds is 4. The van der Waals surface area contributed by atoms with Crippen LogP contribution in [0, 0.1) is 3.57 Å². The van der Waals surface area contributed by atoms with Crippen LogP contribution in [0.2, 0.25) is 0 Å². The SMILES string of the molecule is Ic1cccc(OCc2ccccc2N2CCNCC2)c1. The molecule has 1 heterocycles. The van der Waals surface area contributed by atoms with E-state index in [1.165, 1.54) is 14.8 Å². The maximum atomic E-state index is 5.96. The number of benzene rings is 2. The van der Waals surface area contributed by atoms with Gasteiger partial charge in [-0.2, -0.15) is 0 Å². The summed E-state index contributed by atoms with van der Waals surface area (Å²) in [6.45, 7) is 4.82. The van der Waals surface area contributed by atoms with Gasteiger partial charge in [0.05, 0.1) is 0 Å². The molecular weight excluding hydrogens is 375 g/mol. The van der Waals surface area contributed by atoms with E-state index in [-0.39, 0.29) is 0 Å². The molecule has 2 aromatic carbocycles. The summed E-state index contributed by atoms with van der Waals surface area (Å²) >= 11 is 2.31. The monoisotopic (exact) mass is 394 g/mol. The van der Waals surface area contributed by atoms with E-state index >= 15 is 0 Å². The highest BCUT2D eigenvalue weighted by atomic mass is 127. The molecule has 3 rings (SSSR count). The average Bonchev–Trinajstić information content (AvgIpc) is 2.54. The van der Waals surface area contributed by atoms with Crippen LogP contribution in [0.3, 0.4) is 0 Å². The third-order valence-corrected chi connectivity index (χ3v) is 4.31. The van der Waals surface area contributed by atoms with Crippen LogP contribution in [0.5, 0.6) is 5.75 Å². The normalized spacial score (nSPS) is 15.0. The second-order valence-corrected chi connectivity index (χ2v) is 6.36. The number of piperazine rings is 1. The number of para-hydroxylation sites is 1. The Labute approximate surface area is 139 Å². The zero-order valence-electron chi connectivity index (χ0n) is 11.9. The third-order valence-electron chi connectivity index (χ3n) is 3.64. The number of anilines is 1. The highest BCUT2D eigenvalue weighted by molar-refractivity contribution is 14.1. The van der Waals surface area contributed by atoms with E-state index < -0.39 is 0 Å². The van der Waals surface area contributed by atoms with Crippen LogP contribution < -0.4 is 15.0 Å². The minimum absolute atomic E-state index is 0.611. The van der Waals surface area contributed by atoms with Crippen molar-refractivity contribution in [1.82, 2.24) is 5.32 Å². The first-order valence-electron chi connectivity index (χ1n) is 7.25. The Morgan fingerprint density at radius 2 is 1.86 bits per heavy atom. The van der Waals surface area contributed by atoms with E-state index in [0.29, 0.717) is 6.61 Å². The van der Waals surface area contributed by atoms with Gasteiger partial charge in [0.1, 0.15) is 12.4 Å². The van der Waals surface area contributed by atoms with Gasteiger partial charge in [-0.05, 0) is 46.9 Å². The molecule has 0 saturated carbocycles. The summed E-state index contributed by atoms with van der Waals surface area (Å²) in [6, 6.07) is 16.7. The van der Waals surface area contributed by atoms with Crippen LogP contribution in [0.15, 0.2) is 48.5 Å². The van der Waals surface area contributed by atoms with Gasteiger partial charge in [-0.3, -0.25) is 0 Å². The fourth-order valence-corrected chi connectivity index (χ4v) is 3.08. The van der Waals surface area contributed by atoms with Gasteiger partial charge in [-0.15, -0.1) is 0 Å². The number of ether oxygens (including phenoxy) is 1. The number of hydrogen-bond acceptors (Lipinski definition) is 3. The molecule has 1 aliphatic rings. The van der Waals surface area contributed by atoms with Crippen molar-refractivity contribution in [3.05, 3.63) is 57.7 Å². The lowest BCUT2D eigenvalue weighted by Crippen LogP contribution is -2.43. The summed E-state index contributed by atoms with van der Waals surface area (Å²) in [6.07, 6.45) is 0. The molecule has 1 N–H and O–H groups in total. The predicted octanol–water partition coefficient (Wildman–Crippen LogP) is 3.28. The standard InChI is InChI=1S/C17H19IN2O/c18-15-5-3-6-16(12-15)21-13-14-4-1-2-7-17(14)20-10-8-19-9-11-20/h1-7,12,19H,8-11,13H2. The zero-order chi connectivity index (χ0) is 14.5. The molecule has 0 atom stereocenters. The lowest BCUT2D eigenvalue weighted by Gasteiger charge is -2.31. The van der Waals surface area contributed by atoms with Crippen molar-refractivity contribution >= 4 is 28.3 Å². The first-order valence-corrected chi connectivity index (χ1v) is 8.33. The summed E-state index contributed by atoms with van der Waals surface area (Å²) in [4.78, 5) is 2.43. The number of nitrogens with zero attached hydrogens (tertiary/aromatic N) is 1. The molecule has 0 bridgehead atoms. The van der Waals surface area contributed by atoms with Crippen molar-refractivity contribution in [2.24, 2.45) is 0 Å². The van der Waals surface area contributed by atoms with Crippen molar-refractivity contribution in [1.29, 1.82) is 0 Å². The molecule has 1 fully saturated rings. The summed E-state index contributed by atoms with van der Waals surface area (Å²) in [5.74, 6) is 0.928. The molecule has 1 saturated heterocycles. The quantitative estimate of drug-likeness (QED) is 0.806. The molecule has 0 unspecified atom stereocenters. The van der Waals surface area contributed by atoms with Gasteiger partial charge in [0.2, 0.25) is 0 Å². The first kappa shape index (κ1) is 14.7. The average molecular weight is 394 g/mol. The van der Waals surface area contributed by atoms with Crippen LogP contribution in [0.25, 0.3) is 0 Å². The van der Waals surface area contributed by atoms with Gasteiger partial charge < -0.3 is 15.0 Å². The third kappa shape index (κ3) is 3.89. The van der Waals surface area contributed by atoms with Crippen LogP contribution in [0.4, 0.5) is 5.69 Å². The van der Waals surface area contributed by atoms with Crippen LogP contribution >= 0.6 is 22.6 Å². The van der Waals surface area contributed by atoms with Gasteiger partial charge in [0.15, 0.2) is 0 Å². The second kappa shape index (κ2) is 7.13. The lowest BCUT2D eigenvalue weighted by molar-refractivity contribution is 0.306. The molecule has 4 heteroatoms. The predicted molar refractivity (Wildman–Crippen MR) is 95.0 cm³/mol. The molecule has 0 amide bonds. The summed E-state index contributed by atoms with van der Waals surface area (Å²) in [5.41, 5.74) is 2.54. The Bertz CT molecular complexity index is 597. The summed E-state index contributed by atoms with van der Waals surface area (Å²) < 4.78 is 7.15. The Hall–Kier alpha value is -1.27. The largest absolute Gasteiger partial charge is 0.489 e. The van der Waals surface area contributed by atoms with Gasteiger partial charge in [0, 0.05) is 41.0 Å². The van der Waals surface area contributed by atoms with Crippen molar-refractivity contribution in [2.45, 2.75) is 6.61 Å². The van der Waals surface area contributed by atoms with E-state index in [2.05, 4.69) is 69.2 Å². The Balaban J connectivity index is 1.73. The molecule has 0 aromatic heterocycles. The van der Waals surface area contributed by atoms with Gasteiger partial charge in [0.25, 0.3) is 0 Å². The zero-order valence-corrected chi connectivity index (χ0v) is 14.0. The fourth-order valence-electron chi connectivity index (χ4n) is 2.56. The molecule has 0 radical (unpaired) electrons. The van der Waals surface area contributed by atoms with Crippen LogP contribution in [-0.4, -0.2) is 26.2 Å². The molecule has 3 nitrogen and oxygen atoms in total. The van der Waals surface area contributed by atoms with Crippen molar-refractivity contribution < 1.29 is 4.74 Å². The van der Waals surface area contributed by atoms with Gasteiger partial charge in [-0.1, -0.05) is 24.3 Å². The first-order chi connectivity index (χ1) is 10.3. The molecule has 110 valence electrons. The Morgan fingerprint density at radius 1 is 1.05 bits per heavy atom. The van der Waals surface area contributed by atoms with E-state index in [4.69, 9.17) is 4.74 Å². The van der Waals surface area contributed by atoms with E-state index in [1.54, 1.807) is 0 Å². The minimum Gasteiger partial charge on any atom is -0.489 e. The molecular formula is C17H19IN2O. The van der Waals surface area contributed by atoms with E-state index in [0.717, 1.165) is 31.9 Å². The fraction of sp³-hybridized carbons (Fsp3) is 0.294. The molecule has 0 spiro atoms. The number of nitrogens with one attached hydrogen (secondary N) is 1. The number of hydrogen-bond donors (Lipinski definition) is 1. The van der Waals surface area contributed by atoms with Crippen LogP contribution in [-0.2, 0) is 6.61 Å². The maximum Gasteiger partial charge on any atom is 0.120 e. The van der Waals surface area contributed by atoms with Crippen molar-refractivity contribution in [2.75, 3.05) is 31.1 Å². The van der Waals surface area contributed by atoms with E-state index in [1.807, 2.05) is 12.1 Å². The maximum absolute atomic E-state index is 5.96. The summed E-state index contributed by atoms with van der Waals surface area (Å²) in [5, 5.41) is 3.39. The van der Waals surface area contributed by atoms with Gasteiger partial charge >= 0.3 is 0 Å². The van der Waals surface area contributed by atoms with Crippen molar-refractivity contribution in [3.63, 3.8) is 0 Å². The molecule has 1 aliphatic heterocycles. The van der Waals surface area contributed by atoms with Crippen molar-refractivity contribution in [3.8, 4) is 5.75 Å². The highest BCUT2D eigenvalue weighted by Crippen LogP contribution is 2.23.